The molecule has 0 aliphatic carbocycles. The van der Waals surface area contributed by atoms with Crippen molar-refractivity contribution in [1.29, 1.82) is 0 Å². The molecule has 1 heteroatoms. The Morgan fingerprint density at radius 1 is 1.09 bits per heavy atom. The molecule has 11 heavy (non-hydrogen) atoms. The molecular weight excluding hydrogens is 247 g/mol. The zero-order valence-corrected chi connectivity index (χ0v) is 10.7. The highest BCUT2D eigenvalue weighted by atomic mass is 127. The van der Waals surface area contributed by atoms with Crippen molar-refractivity contribution in [2.75, 3.05) is 0 Å². The van der Waals surface area contributed by atoms with E-state index in [4.69, 9.17) is 0 Å². The number of hydrogen-bond donors (Lipinski definition) is 0. The Balaban J connectivity index is 4.26. The lowest BCUT2D eigenvalue weighted by molar-refractivity contribution is 0.251. The van der Waals surface area contributed by atoms with Crippen LogP contribution in [0.15, 0.2) is 0 Å². The largest absolute Gasteiger partial charge is 0.0786 e. The summed E-state index contributed by atoms with van der Waals surface area (Å²) in [6.45, 7) is 11.7. The van der Waals surface area contributed by atoms with Gasteiger partial charge in [-0.25, -0.2) is 0 Å². The molecule has 0 amide bonds. The van der Waals surface area contributed by atoms with Gasteiger partial charge in [0.2, 0.25) is 0 Å². The van der Waals surface area contributed by atoms with Crippen molar-refractivity contribution in [3.63, 3.8) is 0 Å². The van der Waals surface area contributed by atoms with Gasteiger partial charge in [0.15, 0.2) is 0 Å². The number of rotatable bonds is 4. The molecule has 0 aliphatic rings. The predicted molar refractivity (Wildman–Crippen MR) is 61.4 cm³/mol. The molecule has 1 unspecified atom stereocenters. The highest BCUT2D eigenvalue weighted by Crippen LogP contribution is 2.44. The third kappa shape index (κ3) is 2.92. The van der Waals surface area contributed by atoms with Gasteiger partial charge in [-0.1, -0.05) is 63.6 Å². The van der Waals surface area contributed by atoms with E-state index in [1.54, 1.807) is 0 Å². The van der Waals surface area contributed by atoms with E-state index in [1.807, 2.05) is 0 Å². The molecule has 0 aromatic rings. The molecule has 0 radical (unpaired) electrons. The van der Waals surface area contributed by atoms with Crippen molar-refractivity contribution < 1.29 is 0 Å². The molecule has 0 saturated carbocycles. The minimum atomic E-state index is 0.459. The first-order valence-corrected chi connectivity index (χ1v) is 5.64. The predicted octanol–water partition coefficient (Wildman–Crippen LogP) is 4.42. The zero-order chi connectivity index (χ0) is 9.12. The van der Waals surface area contributed by atoms with Crippen LogP contribution >= 0.6 is 22.6 Å². The number of hydrogen-bond acceptors (Lipinski definition) is 0. The SMILES string of the molecule is CCCC(C)(C)C(C)(I)CC. The summed E-state index contributed by atoms with van der Waals surface area (Å²) in [4.78, 5) is 0. The average molecular weight is 268 g/mol. The van der Waals surface area contributed by atoms with Crippen LogP contribution in [0.4, 0.5) is 0 Å². The maximum absolute atomic E-state index is 2.61. The summed E-state index contributed by atoms with van der Waals surface area (Å²) >= 11 is 2.61. The van der Waals surface area contributed by atoms with Crippen molar-refractivity contribution in [2.45, 2.75) is 57.3 Å². The molecule has 0 saturated heterocycles. The van der Waals surface area contributed by atoms with Gasteiger partial charge in [0.25, 0.3) is 0 Å². The minimum absolute atomic E-state index is 0.459. The average Bonchev–Trinajstić information content (AvgIpc) is 1.87. The summed E-state index contributed by atoms with van der Waals surface area (Å²) < 4.78 is 0.459. The van der Waals surface area contributed by atoms with Crippen LogP contribution in [0.1, 0.15) is 53.9 Å². The van der Waals surface area contributed by atoms with E-state index < -0.39 is 0 Å². The lowest BCUT2D eigenvalue weighted by Gasteiger charge is -2.39. The first-order chi connectivity index (χ1) is 4.87. The maximum atomic E-state index is 2.61. The van der Waals surface area contributed by atoms with Gasteiger partial charge >= 0.3 is 0 Å². The Hall–Kier alpha value is 0.730. The molecule has 0 fully saturated rings. The van der Waals surface area contributed by atoms with Crippen molar-refractivity contribution in [2.24, 2.45) is 5.41 Å². The van der Waals surface area contributed by atoms with Gasteiger partial charge in [-0.3, -0.25) is 0 Å². The Kier molecular flexibility index (Phi) is 4.38. The summed E-state index contributed by atoms with van der Waals surface area (Å²) in [6.07, 6.45) is 3.90. The summed E-state index contributed by atoms with van der Waals surface area (Å²) in [7, 11) is 0. The Morgan fingerprint density at radius 2 is 1.55 bits per heavy atom. The van der Waals surface area contributed by atoms with Crippen molar-refractivity contribution in [3.8, 4) is 0 Å². The van der Waals surface area contributed by atoms with Crippen molar-refractivity contribution in [1.82, 2.24) is 0 Å². The fourth-order valence-corrected chi connectivity index (χ4v) is 1.63. The van der Waals surface area contributed by atoms with Gasteiger partial charge in [0.05, 0.1) is 0 Å². The van der Waals surface area contributed by atoms with E-state index in [0.29, 0.717) is 8.84 Å². The van der Waals surface area contributed by atoms with Gasteiger partial charge in [-0.2, -0.15) is 0 Å². The third-order valence-corrected chi connectivity index (χ3v) is 5.17. The Bertz CT molecular complexity index is 114. The van der Waals surface area contributed by atoms with Crippen LogP contribution in [-0.2, 0) is 0 Å². The molecule has 0 N–H and O–H groups in total. The monoisotopic (exact) mass is 268 g/mol. The Labute approximate surface area is 85.3 Å². The van der Waals surface area contributed by atoms with Crippen LogP contribution in [0.5, 0.6) is 0 Å². The normalized spacial score (nSPS) is 18.0. The molecule has 0 bridgehead atoms. The van der Waals surface area contributed by atoms with Gasteiger partial charge in [-0.05, 0) is 18.3 Å². The Morgan fingerprint density at radius 3 is 1.82 bits per heavy atom. The van der Waals surface area contributed by atoms with E-state index in [-0.39, 0.29) is 0 Å². The van der Waals surface area contributed by atoms with Crippen molar-refractivity contribution >= 4 is 22.6 Å². The fourth-order valence-electron chi connectivity index (χ4n) is 1.36. The molecule has 0 aromatic carbocycles. The van der Waals surface area contributed by atoms with Crippen LogP contribution in [0, 0.1) is 5.41 Å². The van der Waals surface area contributed by atoms with Crippen LogP contribution in [-0.4, -0.2) is 3.42 Å². The van der Waals surface area contributed by atoms with Crippen LogP contribution < -0.4 is 0 Å². The highest BCUT2D eigenvalue weighted by molar-refractivity contribution is 14.1. The van der Waals surface area contributed by atoms with E-state index in [9.17, 15) is 0 Å². The molecule has 0 nitrogen and oxygen atoms in total. The second-order valence-corrected chi connectivity index (χ2v) is 6.57. The lowest BCUT2D eigenvalue weighted by atomic mass is 9.75. The van der Waals surface area contributed by atoms with Gasteiger partial charge in [0, 0.05) is 3.42 Å². The fraction of sp³-hybridized carbons (Fsp3) is 1.00. The van der Waals surface area contributed by atoms with Crippen molar-refractivity contribution in [3.05, 3.63) is 0 Å². The first kappa shape index (κ1) is 11.7. The summed E-state index contributed by atoms with van der Waals surface area (Å²) in [6, 6.07) is 0. The molecule has 0 aromatic heterocycles. The van der Waals surface area contributed by atoms with Gasteiger partial charge in [-0.15, -0.1) is 0 Å². The quantitative estimate of drug-likeness (QED) is 0.523. The smallest absolute Gasteiger partial charge is 0.0242 e. The van der Waals surface area contributed by atoms with E-state index in [2.05, 4.69) is 57.2 Å². The summed E-state index contributed by atoms with van der Waals surface area (Å²) in [5, 5.41) is 0. The molecule has 0 rings (SSSR count). The van der Waals surface area contributed by atoms with Gasteiger partial charge in [0.1, 0.15) is 0 Å². The number of alkyl halides is 1. The summed E-state index contributed by atoms with van der Waals surface area (Å²) in [5.41, 5.74) is 0.483. The molecular formula is C10H21I. The summed E-state index contributed by atoms with van der Waals surface area (Å²) in [5.74, 6) is 0. The van der Waals surface area contributed by atoms with E-state index >= 15 is 0 Å². The van der Waals surface area contributed by atoms with Gasteiger partial charge < -0.3 is 0 Å². The van der Waals surface area contributed by atoms with Crippen LogP contribution in [0.2, 0.25) is 0 Å². The molecule has 0 aliphatic heterocycles. The van der Waals surface area contributed by atoms with Crippen LogP contribution in [0.25, 0.3) is 0 Å². The molecule has 68 valence electrons. The lowest BCUT2D eigenvalue weighted by Crippen LogP contribution is -2.35. The third-order valence-electron chi connectivity index (χ3n) is 2.95. The standard InChI is InChI=1S/C10H21I/c1-6-8-9(3,4)10(5,11)7-2/h6-8H2,1-5H3. The topological polar surface area (TPSA) is 0 Å². The second kappa shape index (κ2) is 4.11. The number of halogens is 1. The van der Waals surface area contributed by atoms with E-state index in [1.165, 1.54) is 19.3 Å². The highest BCUT2D eigenvalue weighted by Gasteiger charge is 2.35. The zero-order valence-electron chi connectivity index (χ0n) is 8.50. The minimum Gasteiger partial charge on any atom is -0.0786 e. The first-order valence-electron chi connectivity index (χ1n) is 4.56. The van der Waals surface area contributed by atoms with Crippen LogP contribution in [0.3, 0.4) is 0 Å². The molecule has 1 atom stereocenters. The second-order valence-electron chi connectivity index (χ2n) is 4.18. The van der Waals surface area contributed by atoms with E-state index in [0.717, 1.165) is 0 Å². The molecule has 0 heterocycles. The maximum Gasteiger partial charge on any atom is 0.0242 e. The molecule has 0 spiro atoms.